The molecule has 0 atom stereocenters. The number of nitrogens with one attached hydrogen (secondary N) is 1. The number of nitrogens with zero attached hydrogens (tertiary/aromatic N) is 1. The maximum atomic E-state index is 11.9. The van der Waals surface area contributed by atoms with E-state index in [-0.39, 0.29) is 23.7 Å². The van der Waals surface area contributed by atoms with E-state index in [2.05, 4.69) is 5.32 Å². The van der Waals surface area contributed by atoms with Crippen LogP contribution >= 0.6 is 11.8 Å². The number of hydrogen-bond donors (Lipinski definition) is 2. The molecule has 1 aromatic carbocycles. The minimum absolute atomic E-state index is 0.00109. The van der Waals surface area contributed by atoms with E-state index in [1.165, 1.54) is 23.9 Å². The topological polar surface area (TPSA) is 98.3 Å². The second-order valence-electron chi connectivity index (χ2n) is 5.22. The molecule has 0 unspecified atom stereocenters. The molecular weight excluding hydrogens is 290 g/mol. The number of benzene rings is 1. The molecule has 114 valence electrons. The van der Waals surface area contributed by atoms with Crippen molar-refractivity contribution >= 4 is 23.4 Å². The van der Waals surface area contributed by atoms with Crippen LogP contribution < -0.4 is 11.1 Å². The summed E-state index contributed by atoms with van der Waals surface area (Å²) in [6.07, 6.45) is 3.80. The van der Waals surface area contributed by atoms with Gasteiger partial charge in [-0.2, -0.15) is 0 Å². The minimum atomic E-state index is -0.436. The normalized spacial score (nSPS) is 21.8. The molecule has 21 heavy (non-hydrogen) atoms. The van der Waals surface area contributed by atoms with Crippen LogP contribution in [0.2, 0.25) is 0 Å². The lowest BCUT2D eigenvalue weighted by atomic mass is 9.92. The molecule has 0 spiro atoms. The largest absolute Gasteiger partial charge is 0.353 e. The Morgan fingerprint density at radius 2 is 1.90 bits per heavy atom. The summed E-state index contributed by atoms with van der Waals surface area (Å²) in [6.45, 7) is 0. The lowest BCUT2D eigenvalue weighted by Gasteiger charge is -2.26. The van der Waals surface area contributed by atoms with E-state index in [1.54, 1.807) is 12.1 Å². The number of nitrogens with two attached hydrogens (primary N) is 1. The van der Waals surface area contributed by atoms with Gasteiger partial charge in [-0.25, -0.2) is 0 Å². The van der Waals surface area contributed by atoms with Crippen molar-refractivity contribution in [2.75, 3.05) is 5.75 Å². The number of carbonyl (C=O) groups excluding carboxylic acids is 1. The van der Waals surface area contributed by atoms with Gasteiger partial charge in [0, 0.05) is 29.1 Å². The van der Waals surface area contributed by atoms with Gasteiger partial charge < -0.3 is 11.1 Å². The zero-order valence-electron chi connectivity index (χ0n) is 11.7. The molecule has 1 saturated carbocycles. The van der Waals surface area contributed by atoms with Crippen LogP contribution in [0.4, 0.5) is 5.69 Å². The van der Waals surface area contributed by atoms with Crippen LogP contribution in [0.15, 0.2) is 29.2 Å². The smallest absolute Gasteiger partial charge is 0.269 e. The fourth-order valence-corrected chi connectivity index (χ4v) is 3.06. The van der Waals surface area contributed by atoms with Gasteiger partial charge in [-0.05, 0) is 37.8 Å². The van der Waals surface area contributed by atoms with Crippen LogP contribution in [0.1, 0.15) is 25.7 Å². The number of thioether (sulfide) groups is 1. The second-order valence-corrected chi connectivity index (χ2v) is 6.27. The average Bonchev–Trinajstić information content (AvgIpc) is 2.48. The van der Waals surface area contributed by atoms with Gasteiger partial charge in [0.15, 0.2) is 0 Å². The summed E-state index contributed by atoms with van der Waals surface area (Å²) < 4.78 is 0. The predicted molar refractivity (Wildman–Crippen MR) is 82.2 cm³/mol. The number of nitro benzene ring substituents is 1. The minimum Gasteiger partial charge on any atom is -0.353 e. The Morgan fingerprint density at radius 3 is 2.48 bits per heavy atom. The number of carbonyl (C=O) groups is 1. The van der Waals surface area contributed by atoms with Gasteiger partial charge in [0.2, 0.25) is 5.91 Å². The van der Waals surface area contributed by atoms with E-state index in [1.807, 2.05) is 0 Å². The van der Waals surface area contributed by atoms with Crippen molar-refractivity contribution in [3.8, 4) is 0 Å². The van der Waals surface area contributed by atoms with Crippen LogP contribution in [0, 0.1) is 10.1 Å². The first-order chi connectivity index (χ1) is 10.0. The third-order valence-electron chi connectivity index (χ3n) is 3.55. The van der Waals surface area contributed by atoms with Gasteiger partial charge in [0.1, 0.15) is 0 Å². The van der Waals surface area contributed by atoms with Crippen molar-refractivity contribution in [2.45, 2.75) is 42.7 Å². The monoisotopic (exact) mass is 309 g/mol. The SMILES string of the molecule is NC1CCC(NC(=O)CSc2ccc([N+](=O)[O-])cc2)CC1. The molecule has 0 saturated heterocycles. The third-order valence-corrected chi connectivity index (χ3v) is 4.57. The number of nitro groups is 1. The summed E-state index contributed by atoms with van der Waals surface area (Å²) in [4.78, 5) is 22.8. The number of hydrogen-bond acceptors (Lipinski definition) is 5. The zero-order valence-corrected chi connectivity index (χ0v) is 12.5. The van der Waals surface area contributed by atoms with Crippen molar-refractivity contribution < 1.29 is 9.72 Å². The maximum absolute atomic E-state index is 11.9. The predicted octanol–water partition coefficient (Wildman–Crippen LogP) is 2.07. The highest BCUT2D eigenvalue weighted by Crippen LogP contribution is 2.22. The molecule has 6 nitrogen and oxygen atoms in total. The maximum Gasteiger partial charge on any atom is 0.269 e. The van der Waals surface area contributed by atoms with Crippen LogP contribution in [-0.4, -0.2) is 28.7 Å². The molecule has 1 aliphatic carbocycles. The Hall–Kier alpha value is -1.60. The first-order valence-electron chi connectivity index (χ1n) is 6.97. The Morgan fingerprint density at radius 1 is 1.29 bits per heavy atom. The quantitative estimate of drug-likeness (QED) is 0.493. The van der Waals surface area contributed by atoms with Crippen molar-refractivity contribution in [1.82, 2.24) is 5.32 Å². The van der Waals surface area contributed by atoms with Crippen molar-refractivity contribution in [2.24, 2.45) is 5.73 Å². The summed E-state index contributed by atoms with van der Waals surface area (Å²) in [5.41, 5.74) is 5.89. The summed E-state index contributed by atoms with van der Waals surface area (Å²) >= 11 is 1.38. The first-order valence-corrected chi connectivity index (χ1v) is 7.95. The highest BCUT2D eigenvalue weighted by molar-refractivity contribution is 8.00. The molecule has 0 heterocycles. The molecular formula is C14H19N3O3S. The summed E-state index contributed by atoms with van der Waals surface area (Å²) in [7, 11) is 0. The van der Waals surface area contributed by atoms with Gasteiger partial charge >= 0.3 is 0 Å². The van der Waals surface area contributed by atoms with Crippen LogP contribution in [0.25, 0.3) is 0 Å². The second kappa shape index (κ2) is 7.42. The van der Waals surface area contributed by atoms with Gasteiger partial charge in [-0.1, -0.05) is 0 Å². The van der Waals surface area contributed by atoms with E-state index in [0.717, 1.165) is 30.6 Å². The van der Waals surface area contributed by atoms with E-state index < -0.39 is 4.92 Å². The summed E-state index contributed by atoms with van der Waals surface area (Å²) in [5.74, 6) is 0.319. The summed E-state index contributed by atoms with van der Waals surface area (Å²) in [6, 6.07) is 6.72. The Bertz CT molecular complexity index is 499. The van der Waals surface area contributed by atoms with Crippen molar-refractivity contribution in [3.63, 3.8) is 0 Å². The van der Waals surface area contributed by atoms with Gasteiger partial charge in [0.05, 0.1) is 10.7 Å². The lowest BCUT2D eigenvalue weighted by Crippen LogP contribution is -2.41. The van der Waals surface area contributed by atoms with Crippen LogP contribution in [0.3, 0.4) is 0 Å². The molecule has 1 amide bonds. The fraction of sp³-hybridized carbons (Fsp3) is 0.500. The van der Waals surface area contributed by atoms with E-state index >= 15 is 0 Å². The molecule has 7 heteroatoms. The Labute approximate surface area is 127 Å². The molecule has 0 radical (unpaired) electrons. The molecule has 0 aromatic heterocycles. The third kappa shape index (κ3) is 5.02. The number of amides is 1. The van der Waals surface area contributed by atoms with E-state index in [0.29, 0.717) is 5.75 Å². The average molecular weight is 309 g/mol. The standard InChI is InChI=1S/C14H19N3O3S/c15-10-1-3-11(4-2-10)16-14(18)9-21-13-7-5-12(6-8-13)17(19)20/h5-8,10-11H,1-4,9,15H2,(H,16,18). The van der Waals surface area contributed by atoms with Crippen LogP contribution in [0.5, 0.6) is 0 Å². The highest BCUT2D eigenvalue weighted by atomic mass is 32.2. The Kier molecular flexibility index (Phi) is 5.58. The molecule has 0 aliphatic heterocycles. The molecule has 3 N–H and O–H groups in total. The molecule has 0 bridgehead atoms. The summed E-state index contributed by atoms with van der Waals surface area (Å²) in [5, 5.41) is 13.6. The van der Waals surface area contributed by atoms with Crippen LogP contribution in [-0.2, 0) is 4.79 Å². The molecule has 1 fully saturated rings. The van der Waals surface area contributed by atoms with Crippen molar-refractivity contribution in [1.29, 1.82) is 0 Å². The van der Waals surface area contributed by atoms with Gasteiger partial charge in [-0.3, -0.25) is 14.9 Å². The van der Waals surface area contributed by atoms with E-state index in [9.17, 15) is 14.9 Å². The number of non-ortho nitro benzene ring substituents is 1. The van der Waals surface area contributed by atoms with Gasteiger partial charge in [-0.15, -0.1) is 11.8 Å². The zero-order chi connectivity index (χ0) is 15.2. The van der Waals surface area contributed by atoms with Crippen molar-refractivity contribution in [3.05, 3.63) is 34.4 Å². The lowest BCUT2D eigenvalue weighted by molar-refractivity contribution is -0.384. The first kappa shape index (κ1) is 15.8. The fourth-order valence-electron chi connectivity index (χ4n) is 2.35. The number of rotatable bonds is 5. The highest BCUT2D eigenvalue weighted by Gasteiger charge is 2.19. The van der Waals surface area contributed by atoms with E-state index in [4.69, 9.17) is 5.73 Å². The Balaban J connectivity index is 1.74. The molecule has 1 aromatic rings. The van der Waals surface area contributed by atoms with Gasteiger partial charge in [0.25, 0.3) is 5.69 Å². The molecule has 2 rings (SSSR count). The molecule has 1 aliphatic rings.